The molecule has 3 aromatic rings. The number of carboxylic acid groups (broad SMARTS) is 1. The molecule has 33 heavy (non-hydrogen) atoms. The van der Waals surface area contributed by atoms with Crippen molar-refractivity contribution in [2.24, 2.45) is 5.92 Å². The van der Waals surface area contributed by atoms with Crippen LogP contribution in [0.25, 0.3) is 10.8 Å². The van der Waals surface area contributed by atoms with Crippen molar-refractivity contribution in [1.29, 1.82) is 0 Å². The van der Waals surface area contributed by atoms with Gasteiger partial charge in [0.25, 0.3) is 0 Å². The van der Waals surface area contributed by atoms with E-state index in [1.807, 2.05) is 61.2 Å². The average molecular weight is 445 g/mol. The molecule has 0 radical (unpaired) electrons. The fraction of sp³-hybridized carbons (Fsp3) is 0.357. The number of carbonyl (C=O) groups is 2. The van der Waals surface area contributed by atoms with Gasteiger partial charge >= 0.3 is 6.09 Å². The molecule has 1 saturated heterocycles. The summed E-state index contributed by atoms with van der Waals surface area (Å²) in [6.45, 7) is 5.59. The van der Waals surface area contributed by atoms with Crippen molar-refractivity contribution in [3.05, 3.63) is 83.9 Å². The minimum Gasteiger partial charge on any atom is -0.465 e. The Morgan fingerprint density at radius 1 is 1.00 bits per heavy atom. The third-order valence-corrected chi connectivity index (χ3v) is 6.90. The highest BCUT2D eigenvalue weighted by Crippen LogP contribution is 2.36. The van der Waals surface area contributed by atoms with Crippen LogP contribution in [-0.4, -0.2) is 46.5 Å². The van der Waals surface area contributed by atoms with Gasteiger partial charge in [-0.05, 0) is 35.2 Å². The Morgan fingerprint density at radius 2 is 1.70 bits per heavy atom. The predicted molar refractivity (Wildman–Crippen MR) is 131 cm³/mol. The molecular formula is C28H32N2O3. The maximum Gasteiger partial charge on any atom is 0.407 e. The Labute approximate surface area is 195 Å². The fourth-order valence-electron chi connectivity index (χ4n) is 5.15. The minimum atomic E-state index is -0.930. The van der Waals surface area contributed by atoms with Crippen molar-refractivity contribution >= 4 is 22.8 Å². The van der Waals surface area contributed by atoms with Gasteiger partial charge in [0.15, 0.2) is 0 Å². The molecule has 5 heteroatoms. The highest BCUT2D eigenvalue weighted by molar-refractivity contribution is 5.86. The van der Waals surface area contributed by atoms with Crippen molar-refractivity contribution < 1.29 is 14.7 Å². The highest BCUT2D eigenvalue weighted by atomic mass is 16.4. The van der Waals surface area contributed by atoms with Gasteiger partial charge in [0.05, 0.1) is 6.04 Å². The second-order valence-electron chi connectivity index (χ2n) is 9.01. The van der Waals surface area contributed by atoms with Gasteiger partial charge < -0.3 is 14.9 Å². The van der Waals surface area contributed by atoms with Crippen LogP contribution in [0.15, 0.2) is 72.8 Å². The molecule has 172 valence electrons. The van der Waals surface area contributed by atoms with Gasteiger partial charge in [0.1, 0.15) is 0 Å². The van der Waals surface area contributed by atoms with E-state index in [9.17, 15) is 14.7 Å². The molecule has 0 bridgehead atoms. The molecule has 0 aliphatic carbocycles. The normalized spacial score (nSPS) is 18.9. The molecule has 1 N–H and O–H groups in total. The smallest absolute Gasteiger partial charge is 0.407 e. The summed E-state index contributed by atoms with van der Waals surface area (Å²) in [6.07, 6.45) is 0.416. The van der Waals surface area contributed by atoms with E-state index in [1.54, 1.807) is 4.90 Å². The summed E-state index contributed by atoms with van der Waals surface area (Å²) < 4.78 is 0. The first-order valence-corrected chi connectivity index (χ1v) is 11.8. The first-order chi connectivity index (χ1) is 16.0. The molecule has 1 aliphatic heterocycles. The number of benzene rings is 3. The van der Waals surface area contributed by atoms with E-state index in [-0.39, 0.29) is 23.8 Å². The number of rotatable bonds is 7. The fourth-order valence-corrected chi connectivity index (χ4v) is 5.15. The molecule has 3 aromatic carbocycles. The molecule has 0 saturated carbocycles. The van der Waals surface area contributed by atoms with E-state index in [0.717, 1.165) is 28.3 Å². The summed E-state index contributed by atoms with van der Waals surface area (Å²) in [7, 11) is 0. The van der Waals surface area contributed by atoms with E-state index in [2.05, 4.69) is 30.3 Å². The van der Waals surface area contributed by atoms with Crippen LogP contribution >= 0.6 is 0 Å². The maximum absolute atomic E-state index is 12.7. The predicted octanol–water partition coefficient (Wildman–Crippen LogP) is 5.92. The Morgan fingerprint density at radius 3 is 2.42 bits per heavy atom. The number of amides is 2. The van der Waals surface area contributed by atoms with Crippen molar-refractivity contribution in [2.75, 3.05) is 19.6 Å². The van der Waals surface area contributed by atoms with Crippen molar-refractivity contribution in [3.8, 4) is 0 Å². The third-order valence-electron chi connectivity index (χ3n) is 6.90. The van der Waals surface area contributed by atoms with Crippen LogP contribution in [0.5, 0.6) is 0 Å². The number of hydrogen-bond donors (Lipinski definition) is 1. The van der Waals surface area contributed by atoms with Crippen LogP contribution in [0.4, 0.5) is 4.79 Å². The molecule has 1 aliphatic rings. The van der Waals surface area contributed by atoms with Gasteiger partial charge in [-0.2, -0.15) is 0 Å². The van der Waals surface area contributed by atoms with E-state index in [1.165, 1.54) is 0 Å². The maximum atomic E-state index is 12.7. The first-order valence-electron chi connectivity index (χ1n) is 11.8. The zero-order valence-electron chi connectivity index (χ0n) is 19.4. The number of likely N-dealkylation sites (tertiary alicyclic amines) is 1. The van der Waals surface area contributed by atoms with Gasteiger partial charge in [0.2, 0.25) is 5.91 Å². The molecule has 1 fully saturated rings. The summed E-state index contributed by atoms with van der Waals surface area (Å²) in [5.74, 6) is 0.320. The van der Waals surface area contributed by atoms with E-state index < -0.39 is 6.09 Å². The molecule has 0 aromatic heterocycles. The van der Waals surface area contributed by atoms with E-state index >= 15 is 0 Å². The topological polar surface area (TPSA) is 60.9 Å². The van der Waals surface area contributed by atoms with E-state index in [4.69, 9.17) is 0 Å². The van der Waals surface area contributed by atoms with Crippen LogP contribution in [0.2, 0.25) is 0 Å². The lowest BCUT2D eigenvalue weighted by Crippen LogP contribution is -2.38. The van der Waals surface area contributed by atoms with Gasteiger partial charge in [-0.1, -0.05) is 79.7 Å². The largest absolute Gasteiger partial charge is 0.465 e. The molecule has 0 spiro atoms. The molecule has 3 unspecified atom stereocenters. The molecule has 5 nitrogen and oxygen atoms in total. The highest BCUT2D eigenvalue weighted by Gasteiger charge is 2.38. The van der Waals surface area contributed by atoms with Crippen LogP contribution in [0, 0.1) is 5.92 Å². The lowest BCUT2D eigenvalue weighted by molar-refractivity contribution is -0.130. The van der Waals surface area contributed by atoms with Gasteiger partial charge in [-0.25, -0.2) is 4.79 Å². The van der Waals surface area contributed by atoms with Crippen molar-refractivity contribution in [1.82, 2.24) is 9.80 Å². The van der Waals surface area contributed by atoms with Crippen LogP contribution in [0.3, 0.4) is 0 Å². The number of carbonyl (C=O) groups excluding carboxylic acids is 1. The summed E-state index contributed by atoms with van der Waals surface area (Å²) >= 11 is 0. The molecular weight excluding hydrogens is 412 g/mol. The first kappa shape index (κ1) is 22.8. The second-order valence-corrected chi connectivity index (χ2v) is 9.01. The van der Waals surface area contributed by atoms with E-state index in [0.29, 0.717) is 26.1 Å². The van der Waals surface area contributed by atoms with Gasteiger partial charge in [-0.15, -0.1) is 0 Å². The Hall–Kier alpha value is -3.34. The molecule has 3 atom stereocenters. The van der Waals surface area contributed by atoms with Gasteiger partial charge in [-0.3, -0.25) is 4.79 Å². The number of hydrogen-bond acceptors (Lipinski definition) is 2. The lowest BCUT2D eigenvalue weighted by atomic mass is 9.88. The summed E-state index contributed by atoms with van der Waals surface area (Å²) in [5.41, 5.74) is 2.17. The zero-order valence-corrected chi connectivity index (χ0v) is 19.4. The number of nitrogens with zero attached hydrogens (tertiary/aromatic N) is 2. The average Bonchev–Trinajstić information content (AvgIpc) is 3.26. The van der Waals surface area contributed by atoms with Crippen LogP contribution < -0.4 is 0 Å². The lowest BCUT2D eigenvalue weighted by Gasteiger charge is -2.31. The second kappa shape index (κ2) is 10.1. The Bertz CT molecular complexity index is 1110. The van der Waals surface area contributed by atoms with Crippen molar-refractivity contribution in [2.45, 2.75) is 38.6 Å². The van der Waals surface area contributed by atoms with Crippen molar-refractivity contribution in [3.63, 3.8) is 0 Å². The molecule has 1 heterocycles. The SMILES string of the molecule is CCCC(=O)N1CC(CN(C(=O)O)C(C)c2cccc3ccccc23)C(c2ccccc2)C1. The number of fused-ring (bicyclic) bond motifs is 1. The van der Waals surface area contributed by atoms with Crippen LogP contribution in [-0.2, 0) is 4.79 Å². The zero-order chi connectivity index (χ0) is 23.4. The van der Waals surface area contributed by atoms with Gasteiger partial charge in [0, 0.05) is 37.9 Å². The summed E-state index contributed by atoms with van der Waals surface area (Å²) in [4.78, 5) is 28.6. The monoisotopic (exact) mass is 444 g/mol. The minimum absolute atomic E-state index is 0.0433. The molecule has 2 amide bonds. The Kier molecular flexibility index (Phi) is 6.97. The Balaban J connectivity index is 1.63. The summed E-state index contributed by atoms with van der Waals surface area (Å²) in [5, 5.41) is 12.4. The quantitative estimate of drug-likeness (QED) is 0.492. The molecule has 4 rings (SSSR count). The standard InChI is InChI=1S/C28H32N2O3/c1-3-10-27(31)29-17-23(26(19-29)22-11-5-4-6-12-22)18-30(28(32)33)20(2)24-16-9-14-21-13-7-8-15-25(21)24/h4-9,11-16,20,23,26H,3,10,17-19H2,1-2H3,(H,32,33). The summed E-state index contributed by atoms with van der Waals surface area (Å²) in [6, 6.07) is 24.0. The third kappa shape index (κ3) is 4.87. The van der Waals surface area contributed by atoms with Crippen LogP contribution in [0.1, 0.15) is 49.8 Å².